The second-order valence-corrected chi connectivity index (χ2v) is 4.74. The molecule has 0 saturated carbocycles. The van der Waals surface area contributed by atoms with Gasteiger partial charge in [-0.15, -0.1) is 0 Å². The van der Waals surface area contributed by atoms with Gasteiger partial charge in [0.2, 0.25) is 0 Å². The fourth-order valence-corrected chi connectivity index (χ4v) is 1.51. The Kier molecular flexibility index (Phi) is 5.05. The van der Waals surface area contributed by atoms with Crippen molar-refractivity contribution in [2.45, 2.75) is 6.92 Å². The van der Waals surface area contributed by atoms with Crippen LogP contribution >= 0.6 is 11.6 Å². The largest absolute Gasteiger partial charge is 0.495 e. The van der Waals surface area contributed by atoms with Gasteiger partial charge in [0, 0.05) is 17.6 Å². The second kappa shape index (κ2) is 6.10. The summed E-state index contributed by atoms with van der Waals surface area (Å²) < 4.78 is 5.05. The van der Waals surface area contributed by atoms with Crippen LogP contribution in [0.5, 0.6) is 5.75 Å². The number of hydrogen-bond acceptors (Lipinski definition) is 4. The summed E-state index contributed by atoms with van der Waals surface area (Å²) in [6, 6.07) is 5.34. The summed E-state index contributed by atoms with van der Waals surface area (Å²) in [7, 11) is 1.56. The van der Waals surface area contributed by atoms with E-state index in [4.69, 9.17) is 26.6 Å². The molecule has 0 aliphatic rings. The summed E-state index contributed by atoms with van der Waals surface area (Å²) in [5, 5.41) is 21.9. The first-order valence-corrected chi connectivity index (χ1v) is 5.71. The Balaban J connectivity index is 2.67. The molecule has 1 aromatic rings. The van der Waals surface area contributed by atoms with Crippen molar-refractivity contribution in [1.29, 1.82) is 0 Å². The number of rotatable bonds is 6. The van der Waals surface area contributed by atoms with E-state index in [1.807, 2.05) is 6.07 Å². The van der Waals surface area contributed by atoms with E-state index in [-0.39, 0.29) is 13.2 Å². The lowest BCUT2D eigenvalue weighted by Crippen LogP contribution is -2.33. The summed E-state index contributed by atoms with van der Waals surface area (Å²) in [6.45, 7) is 2.09. The Morgan fingerprint density at radius 1 is 1.35 bits per heavy atom. The second-order valence-electron chi connectivity index (χ2n) is 4.33. The van der Waals surface area contributed by atoms with Gasteiger partial charge in [0.15, 0.2) is 0 Å². The average Bonchev–Trinajstić information content (AvgIpc) is 2.36. The number of aliphatic hydroxyl groups excluding tert-OH is 2. The van der Waals surface area contributed by atoms with Crippen LogP contribution in [0.3, 0.4) is 0 Å². The van der Waals surface area contributed by atoms with Crippen LogP contribution in [0.2, 0.25) is 5.02 Å². The minimum Gasteiger partial charge on any atom is -0.495 e. The molecule has 0 amide bonds. The van der Waals surface area contributed by atoms with Crippen LogP contribution in [0, 0.1) is 5.41 Å². The molecule has 96 valence electrons. The molecule has 0 atom stereocenters. The molecule has 0 bridgehead atoms. The molecule has 3 N–H and O–H groups in total. The molecular weight excluding hydrogens is 242 g/mol. The topological polar surface area (TPSA) is 61.7 Å². The Bertz CT molecular complexity index is 367. The summed E-state index contributed by atoms with van der Waals surface area (Å²) in [5.74, 6) is 0.615. The SMILES string of the molecule is COc1ccc(NCC(C)(CO)CO)cc1Cl. The minimum atomic E-state index is -0.549. The maximum atomic E-state index is 9.15. The monoisotopic (exact) mass is 259 g/mol. The quantitative estimate of drug-likeness (QED) is 0.728. The normalized spacial score (nSPS) is 11.4. The molecule has 0 saturated heterocycles. The molecule has 0 aliphatic heterocycles. The van der Waals surface area contributed by atoms with Crippen molar-refractivity contribution < 1.29 is 14.9 Å². The fourth-order valence-electron chi connectivity index (χ4n) is 1.25. The molecule has 0 fully saturated rings. The summed E-state index contributed by atoms with van der Waals surface area (Å²) >= 11 is 5.98. The first kappa shape index (κ1) is 14.1. The maximum Gasteiger partial charge on any atom is 0.137 e. The predicted octanol–water partition coefficient (Wildman–Crippen LogP) is 1.75. The number of aliphatic hydroxyl groups is 2. The molecule has 0 radical (unpaired) electrons. The zero-order valence-corrected chi connectivity index (χ0v) is 10.8. The molecule has 0 heterocycles. The zero-order chi connectivity index (χ0) is 12.9. The van der Waals surface area contributed by atoms with Crippen molar-refractivity contribution in [1.82, 2.24) is 0 Å². The van der Waals surface area contributed by atoms with E-state index in [0.29, 0.717) is 17.3 Å². The van der Waals surface area contributed by atoms with Gasteiger partial charge in [-0.2, -0.15) is 0 Å². The van der Waals surface area contributed by atoms with Crippen molar-refractivity contribution in [2.75, 3.05) is 32.2 Å². The van der Waals surface area contributed by atoms with E-state index in [1.54, 1.807) is 26.2 Å². The molecule has 17 heavy (non-hydrogen) atoms. The van der Waals surface area contributed by atoms with Crippen LogP contribution in [-0.4, -0.2) is 37.1 Å². The lowest BCUT2D eigenvalue weighted by Gasteiger charge is -2.25. The fraction of sp³-hybridized carbons (Fsp3) is 0.500. The minimum absolute atomic E-state index is 0.0829. The smallest absolute Gasteiger partial charge is 0.137 e. The Morgan fingerprint density at radius 2 is 2.00 bits per heavy atom. The highest BCUT2D eigenvalue weighted by Crippen LogP contribution is 2.27. The first-order chi connectivity index (χ1) is 8.04. The van der Waals surface area contributed by atoms with E-state index in [0.717, 1.165) is 5.69 Å². The van der Waals surface area contributed by atoms with Gasteiger partial charge in [-0.1, -0.05) is 18.5 Å². The van der Waals surface area contributed by atoms with E-state index < -0.39 is 5.41 Å². The Morgan fingerprint density at radius 3 is 2.47 bits per heavy atom. The molecule has 4 nitrogen and oxygen atoms in total. The van der Waals surface area contributed by atoms with Gasteiger partial charge in [0.05, 0.1) is 25.3 Å². The number of anilines is 1. The third-order valence-electron chi connectivity index (χ3n) is 2.63. The van der Waals surface area contributed by atoms with E-state index in [9.17, 15) is 0 Å². The lowest BCUT2D eigenvalue weighted by atomic mass is 9.93. The third-order valence-corrected chi connectivity index (χ3v) is 2.93. The predicted molar refractivity (Wildman–Crippen MR) is 68.8 cm³/mol. The van der Waals surface area contributed by atoms with E-state index in [2.05, 4.69) is 5.32 Å². The van der Waals surface area contributed by atoms with Gasteiger partial charge in [-0.25, -0.2) is 0 Å². The molecule has 0 aromatic heterocycles. The van der Waals surface area contributed by atoms with Gasteiger partial charge in [0.25, 0.3) is 0 Å². The van der Waals surface area contributed by atoms with Crippen LogP contribution in [0.25, 0.3) is 0 Å². The summed E-state index contributed by atoms with van der Waals surface area (Å²) in [6.07, 6.45) is 0. The molecule has 1 rings (SSSR count). The molecule has 0 spiro atoms. The van der Waals surface area contributed by atoms with Crippen LogP contribution in [0.4, 0.5) is 5.69 Å². The van der Waals surface area contributed by atoms with Gasteiger partial charge >= 0.3 is 0 Å². The van der Waals surface area contributed by atoms with Gasteiger partial charge in [-0.3, -0.25) is 0 Å². The number of ether oxygens (including phenoxy) is 1. The number of nitrogens with one attached hydrogen (secondary N) is 1. The molecule has 0 aliphatic carbocycles. The lowest BCUT2D eigenvalue weighted by molar-refractivity contribution is 0.0806. The van der Waals surface area contributed by atoms with Crippen molar-refractivity contribution in [3.05, 3.63) is 23.2 Å². The third kappa shape index (κ3) is 3.77. The molecule has 0 unspecified atom stereocenters. The maximum absolute atomic E-state index is 9.15. The number of hydrogen-bond donors (Lipinski definition) is 3. The van der Waals surface area contributed by atoms with Crippen molar-refractivity contribution in [3.8, 4) is 5.75 Å². The highest BCUT2D eigenvalue weighted by atomic mass is 35.5. The molecule has 1 aromatic carbocycles. The zero-order valence-electron chi connectivity index (χ0n) is 10.0. The average molecular weight is 260 g/mol. The molecule has 5 heteroatoms. The first-order valence-electron chi connectivity index (χ1n) is 5.34. The van der Waals surface area contributed by atoms with E-state index >= 15 is 0 Å². The number of benzene rings is 1. The van der Waals surface area contributed by atoms with Crippen LogP contribution in [-0.2, 0) is 0 Å². The van der Waals surface area contributed by atoms with Crippen LogP contribution in [0.15, 0.2) is 18.2 Å². The highest BCUT2D eigenvalue weighted by Gasteiger charge is 2.22. The van der Waals surface area contributed by atoms with Crippen molar-refractivity contribution >= 4 is 17.3 Å². The van der Waals surface area contributed by atoms with Gasteiger partial charge in [-0.05, 0) is 18.2 Å². The Labute approximate surface area is 106 Å². The summed E-state index contributed by atoms with van der Waals surface area (Å²) in [5.41, 5.74) is 0.274. The number of methoxy groups -OCH3 is 1. The highest BCUT2D eigenvalue weighted by molar-refractivity contribution is 6.32. The van der Waals surface area contributed by atoms with Crippen LogP contribution in [0.1, 0.15) is 6.92 Å². The molecular formula is C12H18ClNO3. The van der Waals surface area contributed by atoms with Gasteiger partial charge < -0.3 is 20.3 Å². The standard InChI is InChI=1S/C12H18ClNO3/c1-12(7-15,8-16)6-14-9-3-4-11(17-2)10(13)5-9/h3-5,14-16H,6-8H2,1-2H3. The number of halogens is 1. The Hall–Kier alpha value is -0.970. The van der Waals surface area contributed by atoms with E-state index in [1.165, 1.54) is 0 Å². The van der Waals surface area contributed by atoms with Crippen molar-refractivity contribution in [3.63, 3.8) is 0 Å². The van der Waals surface area contributed by atoms with Gasteiger partial charge in [0.1, 0.15) is 5.75 Å². The van der Waals surface area contributed by atoms with Crippen LogP contribution < -0.4 is 10.1 Å². The summed E-state index contributed by atoms with van der Waals surface area (Å²) in [4.78, 5) is 0. The van der Waals surface area contributed by atoms with Crippen molar-refractivity contribution in [2.24, 2.45) is 5.41 Å².